The van der Waals surface area contributed by atoms with Crippen LogP contribution in [0.2, 0.25) is 0 Å². The molecule has 0 rings (SSSR count). The molecule has 1 amide bonds. The van der Waals surface area contributed by atoms with Gasteiger partial charge in [0.15, 0.2) is 0 Å². The summed E-state index contributed by atoms with van der Waals surface area (Å²) in [5.74, 6) is -0.253. The van der Waals surface area contributed by atoms with Gasteiger partial charge in [0, 0.05) is 18.8 Å². The Balaban J connectivity index is 3.28. The minimum Gasteiger partial charge on any atom is -0.355 e. The third-order valence-corrected chi connectivity index (χ3v) is 2.42. The van der Waals surface area contributed by atoms with Gasteiger partial charge < -0.3 is 10.6 Å². The maximum atomic E-state index is 11.7. The molecule has 0 aliphatic heterocycles. The quantitative estimate of drug-likeness (QED) is 0.652. The average molecular weight is 258 g/mol. The highest BCUT2D eigenvalue weighted by atomic mass is 32.2. The van der Waals surface area contributed by atoms with E-state index in [1.54, 1.807) is 0 Å². The van der Waals surface area contributed by atoms with E-state index in [0.29, 0.717) is 6.54 Å². The summed E-state index contributed by atoms with van der Waals surface area (Å²) in [5, 5.41) is 5.31. The lowest BCUT2D eigenvalue weighted by atomic mass is 10.3. The summed E-state index contributed by atoms with van der Waals surface area (Å²) in [6.45, 7) is 2.88. The third kappa shape index (κ3) is 11.6. The van der Waals surface area contributed by atoms with E-state index in [2.05, 4.69) is 10.6 Å². The van der Waals surface area contributed by atoms with Gasteiger partial charge >= 0.3 is 5.51 Å². The Kier molecular flexibility index (Phi) is 8.46. The standard InChI is InChI=1S/C9H17F3N2OS/c1-2-3-4-14-8(15)7-13-5-6-16-9(10,11)12/h13H,2-7H2,1H3,(H,14,15). The Labute approximate surface area is 97.5 Å². The number of carbonyl (C=O) groups excluding carboxylic acids is 1. The average Bonchev–Trinajstić information content (AvgIpc) is 2.16. The second kappa shape index (κ2) is 8.69. The van der Waals surface area contributed by atoms with Crippen LogP contribution in [0, 0.1) is 0 Å². The van der Waals surface area contributed by atoms with Crippen LogP contribution in [0.25, 0.3) is 0 Å². The van der Waals surface area contributed by atoms with Gasteiger partial charge in [0.1, 0.15) is 0 Å². The van der Waals surface area contributed by atoms with Crippen LogP contribution in [-0.4, -0.2) is 36.8 Å². The number of thioether (sulfide) groups is 1. The highest BCUT2D eigenvalue weighted by Crippen LogP contribution is 2.29. The Hall–Kier alpha value is -0.430. The van der Waals surface area contributed by atoms with E-state index in [1.807, 2.05) is 6.92 Å². The van der Waals surface area contributed by atoms with Gasteiger partial charge in [0.2, 0.25) is 5.91 Å². The highest BCUT2D eigenvalue weighted by Gasteiger charge is 2.27. The number of rotatable bonds is 8. The molecule has 0 aliphatic carbocycles. The zero-order chi connectivity index (χ0) is 12.4. The largest absolute Gasteiger partial charge is 0.441 e. The van der Waals surface area contributed by atoms with Crippen molar-refractivity contribution in [2.75, 3.05) is 25.4 Å². The third-order valence-electron chi connectivity index (χ3n) is 1.68. The molecule has 2 N–H and O–H groups in total. The molecule has 7 heteroatoms. The van der Waals surface area contributed by atoms with Crippen LogP contribution in [0.5, 0.6) is 0 Å². The molecule has 0 aromatic heterocycles. The van der Waals surface area contributed by atoms with Crippen molar-refractivity contribution in [3.63, 3.8) is 0 Å². The van der Waals surface area contributed by atoms with Crippen LogP contribution < -0.4 is 10.6 Å². The zero-order valence-electron chi connectivity index (χ0n) is 9.19. The molecule has 3 nitrogen and oxygen atoms in total. The van der Waals surface area contributed by atoms with Gasteiger partial charge in [-0.1, -0.05) is 13.3 Å². The molecular weight excluding hydrogens is 241 g/mol. The van der Waals surface area contributed by atoms with E-state index in [1.165, 1.54) is 0 Å². The molecule has 0 unspecified atom stereocenters. The van der Waals surface area contributed by atoms with Crippen LogP contribution in [0.4, 0.5) is 13.2 Å². The first-order valence-corrected chi connectivity index (χ1v) is 6.12. The predicted octanol–water partition coefficient (Wildman–Crippen LogP) is 1.75. The molecule has 0 saturated heterocycles. The van der Waals surface area contributed by atoms with Crippen molar-refractivity contribution in [2.24, 2.45) is 0 Å². The van der Waals surface area contributed by atoms with Gasteiger partial charge in [-0.05, 0) is 18.2 Å². The van der Waals surface area contributed by atoms with Crippen LogP contribution in [0.3, 0.4) is 0 Å². The van der Waals surface area contributed by atoms with Crippen molar-refractivity contribution < 1.29 is 18.0 Å². The number of unbranched alkanes of at least 4 members (excludes halogenated alkanes) is 1. The Bertz CT molecular complexity index is 200. The number of halogens is 3. The fourth-order valence-electron chi connectivity index (χ4n) is 0.908. The van der Waals surface area contributed by atoms with E-state index < -0.39 is 5.51 Å². The Morgan fingerprint density at radius 3 is 2.56 bits per heavy atom. The van der Waals surface area contributed by atoms with Crippen LogP contribution in [0.15, 0.2) is 0 Å². The van der Waals surface area contributed by atoms with Crippen LogP contribution in [0.1, 0.15) is 19.8 Å². The topological polar surface area (TPSA) is 41.1 Å². The molecule has 0 heterocycles. The minimum absolute atomic E-state index is 0.0716. The van der Waals surface area contributed by atoms with Crippen molar-refractivity contribution in [2.45, 2.75) is 25.3 Å². The van der Waals surface area contributed by atoms with Gasteiger partial charge in [-0.3, -0.25) is 4.79 Å². The maximum absolute atomic E-state index is 11.7. The smallest absolute Gasteiger partial charge is 0.355 e. The Morgan fingerprint density at radius 2 is 2.00 bits per heavy atom. The molecule has 0 aromatic rings. The molecule has 0 aromatic carbocycles. The SMILES string of the molecule is CCCCNC(=O)CNCCSC(F)(F)F. The molecule has 16 heavy (non-hydrogen) atoms. The lowest BCUT2D eigenvalue weighted by molar-refractivity contribution is -0.120. The fourth-order valence-corrected chi connectivity index (χ4v) is 1.39. The van der Waals surface area contributed by atoms with E-state index in [4.69, 9.17) is 0 Å². The molecule has 0 bridgehead atoms. The summed E-state index contributed by atoms with van der Waals surface area (Å²) in [5.41, 5.74) is -4.19. The van der Waals surface area contributed by atoms with Crippen molar-refractivity contribution in [3.05, 3.63) is 0 Å². The maximum Gasteiger partial charge on any atom is 0.441 e. The van der Waals surface area contributed by atoms with Crippen molar-refractivity contribution in [1.82, 2.24) is 10.6 Å². The normalized spacial score (nSPS) is 11.5. The Morgan fingerprint density at radius 1 is 1.31 bits per heavy atom. The van der Waals surface area contributed by atoms with Gasteiger partial charge in [0.05, 0.1) is 6.54 Å². The van der Waals surface area contributed by atoms with Crippen molar-refractivity contribution in [1.29, 1.82) is 0 Å². The molecule has 0 saturated carbocycles. The minimum atomic E-state index is -4.19. The predicted molar refractivity (Wildman–Crippen MR) is 59.3 cm³/mol. The van der Waals surface area contributed by atoms with Gasteiger partial charge in [0.25, 0.3) is 0 Å². The van der Waals surface area contributed by atoms with Gasteiger partial charge in [-0.15, -0.1) is 0 Å². The summed E-state index contributed by atoms with van der Waals surface area (Å²) >= 11 is -0.0875. The van der Waals surface area contributed by atoms with Crippen LogP contribution >= 0.6 is 11.8 Å². The molecule has 96 valence electrons. The van der Waals surface area contributed by atoms with Crippen molar-refractivity contribution in [3.8, 4) is 0 Å². The molecule has 0 spiro atoms. The summed E-state index contributed by atoms with van der Waals surface area (Å²) in [7, 11) is 0. The number of hydrogen-bond acceptors (Lipinski definition) is 3. The van der Waals surface area contributed by atoms with E-state index in [0.717, 1.165) is 12.8 Å². The van der Waals surface area contributed by atoms with E-state index >= 15 is 0 Å². The lowest BCUT2D eigenvalue weighted by Crippen LogP contribution is -2.35. The number of amides is 1. The fraction of sp³-hybridized carbons (Fsp3) is 0.889. The second-order valence-corrected chi connectivity index (χ2v) is 4.33. The van der Waals surface area contributed by atoms with E-state index in [9.17, 15) is 18.0 Å². The monoisotopic (exact) mass is 258 g/mol. The lowest BCUT2D eigenvalue weighted by Gasteiger charge is -2.07. The zero-order valence-corrected chi connectivity index (χ0v) is 10.0. The van der Waals surface area contributed by atoms with Gasteiger partial charge in [-0.2, -0.15) is 13.2 Å². The van der Waals surface area contributed by atoms with Gasteiger partial charge in [-0.25, -0.2) is 0 Å². The van der Waals surface area contributed by atoms with E-state index in [-0.39, 0.29) is 36.5 Å². The first-order valence-electron chi connectivity index (χ1n) is 5.14. The van der Waals surface area contributed by atoms with Crippen molar-refractivity contribution >= 4 is 17.7 Å². The molecule has 0 radical (unpaired) electrons. The molecule has 0 aliphatic rings. The summed E-state index contributed by atoms with van der Waals surface area (Å²) in [4.78, 5) is 11.1. The summed E-state index contributed by atoms with van der Waals surface area (Å²) in [6, 6.07) is 0. The number of carbonyl (C=O) groups is 1. The summed E-state index contributed by atoms with van der Waals surface area (Å²) in [6.07, 6.45) is 1.91. The molecule has 0 fully saturated rings. The summed E-state index contributed by atoms with van der Waals surface area (Å²) < 4.78 is 35.1. The highest BCUT2D eigenvalue weighted by molar-refractivity contribution is 8.00. The molecule has 0 atom stereocenters. The number of hydrogen-bond donors (Lipinski definition) is 2. The molecular formula is C9H17F3N2OS. The van der Waals surface area contributed by atoms with Crippen LogP contribution in [-0.2, 0) is 4.79 Å². The second-order valence-electron chi connectivity index (χ2n) is 3.17. The number of nitrogens with one attached hydrogen (secondary N) is 2. The number of alkyl halides is 3. The first kappa shape index (κ1) is 15.6. The first-order chi connectivity index (χ1) is 7.45.